The van der Waals surface area contributed by atoms with Gasteiger partial charge < -0.3 is 10.2 Å². The quantitative estimate of drug-likeness (QED) is 0.912. The highest BCUT2D eigenvalue weighted by Crippen LogP contribution is 2.18. The molecule has 3 rings (SSSR count). The summed E-state index contributed by atoms with van der Waals surface area (Å²) in [5.74, 6) is 0.328. The maximum Gasteiger partial charge on any atom is 0.274 e. The molecule has 0 saturated carbocycles. The number of anilines is 1. The molecule has 2 amide bonds. The molecule has 2 heterocycles. The van der Waals surface area contributed by atoms with Gasteiger partial charge in [0.1, 0.15) is 5.69 Å². The number of benzene rings is 1. The number of nitrogens with one attached hydrogen (secondary N) is 1. The summed E-state index contributed by atoms with van der Waals surface area (Å²) in [6, 6.07) is 11.0. The summed E-state index contributed by atoms with van der Waals surface area (Å²) >= 11 is 0. The van der Waals surface area contributed by atoms with Crippen molar-refractivity contribution in [3.8, 4) is 0 Å². The molecular formula is C21H25N3O2. The molecule has 136 valence electrons. The van der Waals surface area contributed by atoms with Crippen molar-refractivity contribution in [2.24, 2.45) is 5.92 Å². The molecule has 0 bridgehead atoms. The maximum absolute atomic E-state index is 12.7. The van der Waals surface area contributed by atoms with Crippen LogP contribution in [-0.4, -0.2) is 34.8 Å². The molecule has 1 saturated heterocycles. The first-order valence-electron chi connectivity index (χ1n) is 9.22. The number of rotatable bonds is 4. The largest absolute Gasteiger partial charge is 0.339 e. The molecule has 1 fully saturated rings. The molecule has 26 heavy (non-hydrogen) atoms. The van der Waals surface area contributed by atoms with E-state index in [0.29, 0.717) is 11.5 Å². The minimum atomic E-state index is -0.309. The monoisotopic (exact) mass is 351 g/mol. The zero-order valence-corrected chi connectivity index (χ0v) is 15.4. The smallest absolute Gasteiger partial charge is 0.274 e. The van der Waals surface area contributed by atoms with E-state index in [1.807, 2.05) is 29.2 Å². The second kappa shape index (κ2) is 8.13. The van der Waals surface area contributed by atoms with Gasteiger partial charge in [-0.3, -0.25) is 14.6 Å². The van der Waals surface area contributed by atoms with E-state index in [2.05, 4.69) is 24.1 Å². The molecule has 5 heteroatoms. The second-order valence-corrected chi connectivity index (χ2v) is 6.91. The van der Waals surface area contributed by atoms with E-state index >= 15 is 0 Å². The van der Waals surface area contributed by atoms with E-state index in [9.17, 15) is 9.59 Å². The van der Waals surface area contributed by atoms with Gasteiger partial charge in [0.25, 0.3) is 11.8 Å². The van der Waals surface area contributed by atoms with Crippen LogP contribution in [-0.2, 0) is 6.42 Å². The lowest BCUT2D eigenvalue weighted by Gasteiger charge is -2.30. The first kappa shape index (κ1) is 18.1. The van der Waals surface area contributed by atoms with Gasteiger partial charge in [0.05, 0.1) is 0 Å². The summed E-state index contributed by atoms with van der Waals surface area (Å²) in [6.07, 6.45) is 4.53. The van der Waals surface area contributed by atoms with Crippen molar-refractivity contribution in [3.05, 3.63) is 59.4 Å². The molecule has 2 aromatic rings. The number of nitrogens with zero attached hydrogens (tertiary/aromatic N) is 2. The molecule has 1 N–H and O–H groups in total. The summed E-state index contributed by atoms with van der Waals surface area (Å²) in [7, 11) is 0. The first-order chi connectivity index (χ1) is 12.6. The Morgan fingerprint density at radius 3 is 2.50 bits per heavy atom. The van der Waals surface area contributed by atoms with Crippen LogP contribution in [0.3, 0.4) is 0 Å². The van der Waals surface area contributed by atoms with Crippen LogP contribution in [0.15, 0.2) is 42.6 Å². The van der Waals surface area contributed by atoms with E-state index in [1.54, 1.807) is 12.1 Å². The van der Waals surface area contributed by atoms with Gasteiger partial charge in [-0.15, -0.1) is 0 Å². The lowest BCUT2D eigenvalue weighted by Crippen LogP contribution is -2.38. The number of carbonyl (C=O) groups is 2. The number of carbonyl (C=O) groups excluding carboxylic acids is 2. The van der Waals surface area contributed by atoms with Crippen molar-refractivity contribution in [1.82, 2.24) is 9.88 Å². The lowest BCUT2D eigenvalue weighted by molar-refractivity contribution is 0.0697. The van der Waals surface area contributed by atoms with Crippen LogP contribution in [0.5, 0.6) is 0 Å². The minimum absolute atomic E-state index is 0.0272. The zero-order chi connectivity index (χ0) is 18.5. The number of hydrogen-bond acceptors (Lipinski definition) is 3. The summed E-state index contributed by atoms with van der Waals surface area (Å²) < 4.78 is 0. The van der Waals surface area contributed by atoms with Gasteiger partial charge in [0, 0.05) is 30.5 Å². The number of pyridine rings is 1. The maximum atomic E-state index is 12.7. The Kier molecular flexibility index (Phi) is 5.66. The van der Waals surface area contributed by atoms with Gasteiger partial charge in [0.15, 0.2) is 0 Å². The molecule has 0 aliphatic carbocycles. The molecule has 0 atom stereocenters. The number of piperidine rings is 1. The summed E-state index contributed by atoms with van der Waals surface area (Å²) in [5, 5.41) is 2.83. The normalized spacial score (nSPS) is 14.9. The fourth-order valence-electron chi connectivity index (χ4n) is 3.10. The number of amides is 2. The van der Waals surface area contributed by atoms with Gasteiger partial charge in [-0.1, -0.05) is 26.0 Å². The van der Waals surface area contributed by atoms with Crippen LogP contribution in [0.1, 0.15) is 53.1 Å². The van der Waals surface area contributed by atoms with E-state index in [-0.39, 0.29) is 17.5 Å². The Morgan fingerprint density at radius 2 is 1.85 bits per heavy atom. The minimum Gasteiger partial charge on any atom is -0.339 e. The van der Waals surface area contributed by atoms with Crippen molar-refractivity contribution >= 4 is 17.5 Å². The van der Waals surface area contributed by atoms with Crippen molar-refractivity contribution in [1.29, 1.82) is 0 Å². The van der Waals surface area contributed by atoms with Gasteiger partial charge in [0.2, 0.25) is 0 Å². The first-order valence-corrected chi connectivity index (χ1v) is 9.22. The number of likely N-dealkylation sites (tertiary alicyclic amines) is 1. The molecule has 0 spiro atoms. The summed E-state index contributed by atoms with van der Waals surface area (Å²) in [6.45, 7) is 5.84. The van der Waals surface area contributed by atoms with Crippen molar-refractivity contribution in [2.45, 2.75) is 33.1 Å². The predicted molar refractivity (Wildman–Crippen MR) is 102 cm³/mol. The van der Waals surface area contributed by atoms with Gasteiger partial charge in [-0.05, 0) is 55.0 Å². The van der Waals surface area contributed by atoms with Crippen molar-refractivity contribution in [3.63, 3.8) is 0 Å². The summed E-state index contributed by atoms with van der Waals surface area (Å²) in [5.41, 5.74) is 2.70. The lowest BCUT2D eigenvalue weighted by atomic mass is 9.98. The van der Waals surface area contributed by atoms with Gasteiger partial charge in [-0.25, -0.2) is 0 Å². The Balaban J connectivity index is 1.69. The molecule has 1 aliphatic heterocycles. The zero-order valence-electron chi connectivity index (χ0n) is 15.4. The molecular weight excluding hydrogens is 326 g/mol. The Bertz CT molecular complexity index is 778. The van der Waals surface area contributed by atoms with Crippen LogP contribution in [0.25, 0.3) is 0 Å². The standard InChI is InChI=1S/C21H25N3O2/c1-3-16-4-6-18(7-5-16)23-20(25)19-14-17(8-11-22-19)21(26)24-12-9-15(2)10-13-24/h4-8,11,14-15H,3,9-10,12-13H2,1-2H3,(H,23,25). The number of hydrogen-bond donors (Lipinski definition) is 1. The Hall–Kier alpha value is -2.69. The van der Waals surface area contributed by atoms with Crippen LogP contribution >= 0.6 is 0 Å². The third-order valence-electron chi connectivity index (χ3n) is 4.93. The van der Waals surface area contributed by atoms with Crippen LogP contribution in [0.4, 0.5) is 5.69 Å². The molecule has 0 radical (unpaired) electrons. The van der Waals surface area contributed by atoms with Crippen LogP contribution < -0.4 is 5.32 Å². The molecule has 5 nitrogen and oxygen atoms in total. The highest BCUT2D eigenvalue weighted by Gasteiger charge is 2.22. The number of aryl methyl sites for hydroxylation is 1. The number of aromatic nitrogens is 1. The third-order valence-corrected chi connectivity index (χ3v) is 4.93. The van der Waals surface area contributed by atoms with Gasteiger partial charge in [-0.2, -0.15) is 0 Å². The van der Waals surface area contributed by atoms with E-state index < -0.39 is 0 Å². The van der Waals surface area contributed by atoms with Crippen molar-refractivity contribution in [2.75, 3.05) is 18.4 Å². The van der Waals surface area contributed by atoms with E-state index in [0.717, 1.165) is 38.0 Å². The molecule has 1 aromatic heterocycles. The predicted octanol–water partition coefficient (Wildman–Crippen LogP) is 3.77. The Labute approximate surface area is 154 Å². The average molecular weight is 351 g/mol. The van der Waals surface area contributed by atoms with Crippen molar-refractivity contribution < 1.29 is 9.59 Å². The van der Waals surface area contributed by atoms with Gasteiger partial charge >= 0.3 is 0 Å². The average Bonchev–Trinajstić information content (AvgIpc) is 2.68. The second-order valence-electron chi connectivity index (χ2n) is 6.91. The van der Waals surface area contributed by atoms with E-state index in [1.165, 1.54) is 11.8 Å². The van der Waals surface area contributed by atoms with Crippen LogP contribution in [0.2, 0.25) is 0 Å². The SMILES string of the molecule is CCc1ccc(NC(=O)c2cc(C(=O)N3CCC(C)CC3)ccn2)cc1. The fraction of sp³-hybridized carbons (Fsp3) is 0.381. The highest BCUT2D eigenvalue weighted by molar-refractivity contribution is 6.04. The van der Waals surface area contributed by atoms with Crippen LogP contribution in [0, 0.1) is 5.92 Å². The Morgan fingerprint density at radius 1 is 1.15 bits per heavy atom. The molecule has 1 aliphatic rings. The van der Waals surface area contributed by atoms with E-state index in [4.69, 9.17) is 0 Å². The fourth-order valence-corrected chi connectivity index (χ4v) is 3.10. The topological polar surface area (TPSA) is 62.3 Å². The summed E-state index contributed by atoms with van der Waals surface area (Å²) in [4.78, 5) is 31.1. The molecule has 1 aromatic carbocycles. The molecule has 0 unspecified atom stereocenters. The highest BCUT2D eigenvalue weighted by atomic mass is 16.2. The third kappa shape index (κ3) is 4.28.